The lowest BCUT2D eigenvalue weighted by molar-refractivity contribution is 0.776. The van der Waals surface area contributed by atoms with E-state index in [9.17, 15) is 0 Å². The van der Waals surface area contributed by atoms with E-state index in [1.54, 1.807) is 0 Å². The van der Waals surface area contributed by atoms with E-state index in [4.69, 9.17) is 0 Å². The van der Waals surface area contributed by atoms with Gasteiger partial charge in [0.15, 0.2) is 0 Å². The molecule has 0 atom stereocenters. The quantitative estimate of drug-likeness (QED) is 0.172. The van der Waals surface area contributed by atoms with Crippen LogP contribution >= 0.6 is 0 Å². The Morgan fingerprint density at radius 1 is 0.286 bits per heavy atom. The first kappa shape index (κ1) is 27.8. The summed E-state index contributed by atoms with van der Waals surface area (Å²) in [5, 5.41) is 7.64. The SMILES string of the molecule is c1ccc(-c2ccc3c(ccc4c5c(ccc43)-c3ccc(-c4ccc6ccccc6c4)cc3C5(c3ccccc3)c3ccccc3)c2)cc1. The molecule has 0 aromatic heterocycles. The molecule has 0 fully saturated rings. The van der Waals surface area contributed by atoms with Gasteiger partial charge in [0.1, 0.15) is 0 Å². The third-order valence-corrected chi connectivity index (χ3v) is 10.7. The van der Waals surface area contributed by atoms with Crippen molar-refractivity contribution in [2.24, 2.45) is 0 Å². The van der Waals surface area contributed by atoms with E-state index < -0.39 is 5.41 Å². The molecule has 9 aromatic carbocycles. The van der Waals surface area contributed by atoms with E-state index in [1.807, 2.05) is 0 Å². The van der Waals surface area contributed by atoms with Crippen molar-refractivity contribution < 1.29 is 0 Å². The Morgan fingerprint density at radius 3 is 1.55 bits per heavy atom. The predicted octanol–water partition coefficient (Wildman–Crippen LogP) is 12.8. The minimum Gasteiger partial charge on any atom is -0.0622 e. The van der Waals surface area contributed by atoms with Crippen LogP contribution in [0.2, 0.25) is 0 Å². The summed E-state index contributed by atoms with van der Waals surface area (Å²) in [7, 11) is 0. The van der Waals surface area contributed by atoms with E-state index in [0.29, 0.717) is 0 Å². The van der Waals surface area contributed by atoms with E-state index in [-0.39, 0.29) is 0 Å². The third kappa shape index (κ3) is 4.17. The number of hydrogen-bond donors (Lipinski definition) is 0. The topological polar surface area (TPSA) is 0 Å². The molecule has 1 aliphatic rings. The van der Waals surface area contributed by atoms with Gasteiger partial charge in [0.05, 0.1) is 5.41 Å². The van der Waals surface area contributed by atoms with Crippen LogP contribution in [0.15, 0.2) is 194 Å². The Kier molecular flexibility index (Phi) is 6.19. The molecule has 0 spiro atoms. The average Bonchev–Trinajstić information content (AvgIpc) is 3.49. The fourth-order valence-electron chi connectivity index (χ4n) is 8.50. The van der Waals surface area contributed by atoms with Crippen molar-refractivity contribution in [3.63, 3.8) is 0 Å². The highest BCUT2D eigenvalue weighted by Gasteiger charge is 2.47. The first-order valence-corrected chi connectivity index (χ1v) is 17.1. The molecule has 10 rings (SSSR count). The maximum absolute atomic E-state index is 2.47. The van der Waals surface area contributed by atoms with Gasteiger partial charge in [-0.3, -0.25) is 0 Å². The molecule has 0 nitrogen and oxygen atoms in total. The lowest BCUT2D eigenvalue weighted by atomic mass is 9.66. The van der Waals surface area contributed by atoms with Crippen LogP contribution in [0, 0.1) is 0 Å². The van der Waals surface area contributed by atoms with Gasteiger partial charge in [-0.1, -0.05) is 176 Å². The Hall–Kier alpha value is -6.24. The average molecular weight is 621 g/mol. The summed E-state index contributed by atoms with van der Waals surface area (Å²) in [6, 6.07) is 72.0. The standard InChI is InChI=1S/C49H32/c1-4-12-33(13-5-1)36-22-25-42-39(31-36)24-27-45-43(42)28-29-46-44-26-23-38(37-21-20-34-14-10-11-15-35(34)30-37)32-47(44)49(48(45)46,40-16-6-2-7-17-40)41-18-8-3-9-19-41/h1-32H. The largest absolute Gasteiger partial charge is 0.0719 e. The van der Waals surface area contributed by atoms with E-state index in [0.717, 1.165) is 0 Å². The van der Waals surface area contributed by atoms with Gasteiger partial charge >= 0.3 is 0 Å². The maximum Gasteiger partial charge on any atom is 0.0719 e. The van der Waals surface area contributed by atoms with Crippen molar-refractivity contribution in [3.8, 4) is 33.4 Å². The summed E-state index contributed by atoms with van der Waals surface area (Å²) in [5.41, 5.74) is 12.3. The predicted molar refractivity (Wildman–Crippen MR) is 207 cm³/mol. The second kappa shape index (κ2) is 10.9. The lowest BCUT2D eigenvalue weighted by Crippen LogP contribution is -2.28. The molecule has 9 aromatic rings. The molecule has 0 saturated heterocycles. The van der Waals surface area contributed by atoms with Crippen LogP contribution in [0.3, 0.4) is 0 Å². The minimum atomic E-state index is -0.503. The molecular weight excluding hydrogens is 589 g/mol. The Labute approximate surface area is 286 Å². The van der Waals surface area contributed by atoms with Crippen LogP contribution in [0.1, 0.15) is 22.3 Å². The number of hydrogen-bond acceptors (Lipinski definition) is 0. The number of fused-ring (bicyclic) bond motifs is 8. The van der Waals surface area contributed by atoms with Gasteiger partial charge in [-0.15, -0.1) is 0 Å². The Bertz CT molecular complexity index is 2650. The fraction of sp³-hybridized carbons (Fsp3) is 0.0204. The fourth-order valence-corrected chi connectivity index (χ4v) is 8.50. The molecule has 0 heteroatoms. The summed E-state index contributed by atoms with van der Waals surface area (Å²) in [6.45, 7) is 0. The molecule has 0 bridgehead atoms. The van der Waals surface area contributed by atoms with Crippen molar-refractivity contribution >= 4 is 32.3 Å². The maximum atomic E-state index is 2.47. The first-order valence-electron chi connectivity index (χ1n) is 17.1. The highest BCUT2D eigenvalue weighted by atomic mass is 14.5. The van der Waals surface area contributed by atoms with Gasteiger partial charge in [0.2, 0.25) is 0 Å². The van der Waals surface area contributed by atoms with Gasteiger partial charge in [0, 0.05) is 0 Å². The van der Waals surface area contributed by atoms with Gasteiger partial charge in [-0.2, -0.15) is 0 Å². The summed E-state index contributed by atoms with van der Waals surface area (Å²) >= 11 is 0. The number of rotatable bonds is 4. The van der Waals surface area contributed by atoms with Gasteiger partial charge in [0.25, 0.3) is 0 Å². The zero-order chi connectivity index (χ0) is 32.4. The molecular formula is C49H32. The van der Waals surface area contributed by atoms with Crippen LogP contribution in [-0.4, -0.2) is 0 Å². The van der Waals surface area contributed by atoms with Crippen LogP contribution in [0.4, 0.5) is 0 Å². The van der Waals surface area contributed by atoms with Crippen molar-refractivity contribution in [3.05, 3.63) is 216 Å². The minimum absolute atomic E-state index is 0.503. The second-order valence-electron chi connectivity index (χ2n) is 13.3. The van der Waals surface area contributed by atoms with Crippen molar-refractivity contribution in [2.45, 2.75) is 5.41 Å². The molecule has 0 unspecified atom stereocenters. The third-order valence-electron chi connectivity index (χ3n) is 10.7. The highest BCUT2D eigenvalue weighted by molar-refractivity contribution is 6.13. The second-order valence-corrected chi connectivity index (χ2v) is 13.3. The van der Waals surface area contributed by atoms with Crippen molar-refractivity contribution in [1.29, 1.82) is 0 Å². The zero-order valence-corrected chi connectivity index (χ0v) is 27.0. The lowest BCUT2D eigenvalue weighted by Gasteiger charge is -2.35. The monoisotopic (exact) mass is 620 g/mol. The molecule has 1 aliphatic carbocycles. The molecule has 0 N–H and O–H groups in total. The molecule has 228 valence electrons. The van der Waals surface area contributed by atoms with Gasteiger partial charge in [-0.25, -0.2) is 0 Å². The molecule has 0 saturated carbocycles. The van der Waals surface area contributed by atoms with E-state index in [1.165, 1.54) is 88.0 Å². The molecule has 0 radical (unpaired) electrons. The summed E-state index contributed by atoms with van der Waals surface area (Å²) in [6.07, 6.45) is 0. The Morgan fingerprint density at radius 2 is 0.796 bits per heavy atom. The van der Waals surface area contributed by atoms with Gasteiger partial charge < -0.3 is 0 Å². The van der Waals surface area contributed by atoms with E-state index >= 15 is 0 Å². The van der Waals surface area contributed by atoms with Crippen LogP contribution in [0.25, 0.3) is 65.7 Å². The van der Waals surface area contributed by atoms with E-state index in [2.05, 4.69) is 194 Å². The summed E-state index contributed by atoms with van der Waals surface area (Å²) in [4.78, 5) is 0. The smallest absolute Gasteiger partial charge is 0.0622 e. The summed E-state index contributed by atoms with van der Waals surface area (Å²) in [5.74, 6) is 0. The normalized spacial score (nSPS) is 13.1. The Balaban J connectivity index is 1.28. The van der Waals surface area contributed by atoms with Crippen LogP contribution in [-0.2, 0) is 5.41 Å². The molecule has 0 aliphatic heterocycles. The first-order chi connectivity index (χ1) is 24.3. The zero-order valence-electron chi connectivity index (χ0n) is 27.0. The van der Waals surface area contributed by atoms with Crippen LogP contribution in [0.5, 0.6) is 0 Å². The molecule has 49 heavy (non-hydrogen) atoms. The summed E-state index contributed by atoms with van der Waals surface area (Å²) < 4.78 is 0. The van der Waals surface area contributed by atoms with Gasteiger partial charge in [-0.05, 0) is 106 Å². The van der Waals surface area contributed by atoms with Crippen molar-refractivity contribution in [1.82, 2.24) is 0 Å². The number of benzene rings is 9. The molecule has 0 heterocycles. The van der Waals surface area contributed by atoms with Crippen LogP contribution < -0.4 is 0 Å². The van der Waals surface area contributed by atoms with Crippen molar-refractivity contribution in [2.75, 3.05) is 0 Å². The highest BCUT2D eigenvalue weighted by Crippen LogP contribution is 2.59. The molecule has 0 amide bonds.